The maximum absolute atomic E-state index is 11.9. The summed E-state index contributed by atoms with van der Waals surface area (Å²) in [6.45, 7) is 14.4. The average molecular weight is 733 g/mol. The van der Waals surface area contributed by atoms with Crippen molar-refractivity contribution in [3.05, 3.63) is 0 Å². The summed E-state index contributed by atoms with van der Waals surface area (Å²) >= 11 is 0. The minimum absolute atomic E-state index is 0.0850. The van der Waals surface area contributed by atoms with Gasteiger partial charge in [-0.05, 0) is 45.4 Å². The molecule has 5 nitrogen and oxygen atoms in total. The van der Waals surface area contributed by atoms with Crippen LogP contribution in [0.3, 0.4) is 0 Å². The molecule has 0 rings (SSSR count). The highest BCUT2D eigenvalue weighted by Crippen LogP contribution is 2.22. The Morgan fingerprint density at radius 2 is 0.692 bits per heavy atom. The van der Waals surface area contributed by atoms with Crippen LogP contribution < -0.4 is 0 Å². The molecule has 2 unspecified atom stereocenters. The molecule has 0 bridgehead atoms. The van der Waals surface area contributed by atoms with Crippen molar-refractivity contribution in [3.63, 3.8) is 0 Å². The van der Waals surface area contributed by atoms with Crippen molar-refractivity contribution >= 4 is 23.0 Å². The number of hydrogen-bond donors (Lipinski definition) is 3. The number of nitrogens with one attached hydrogen (secondary N) is 2. The minimum atomic E-state index is -0.454. The standard InChI is InChI=1S/C24H47NO.C23H45NO2/c1-5-7-9-11-12-13-14-15-16-18-21(3)20-24(25)23(22(4)26)19-17-10-8-6-2;1-4-6-8-10-11-12-13-14-15-17-21(26)19-23(24)22(20(3)25)18-16-9-7-5-2/h21,23,25H,5-20H2,1-4H3;21-22,24,26H,4-19H2,1-3H3/t21-,23?;21-,22?/m11/s1. The Bertz CT molecular complexity index is 772. The Morgan fingerprint density at radius 1 is 0.423 bits per heavy atom. The van der Waals surface area contributed by atoms with Gasteiger partial charge in [0.15, 0.2) is 0 Å². The highest BCUT2D eigenvalue weighted by molar-refractivity contribution is 6.03. The predicted octanol–water partition coefficient (Wildman–Crippen LogP) is 15.0. The van der Waals surface area contributed by atoms with Crippen LogP contribution in [-0.4, -0.2) is 34.2 Å². The van der Waals surface area contributed by atoms with Crippen molar-refractivity contribution in [2.45, 2.75) is 260 Å². The summed E-state index contributed by atoms with van der Waals surface area (Å²) in [4.78, 5) is 23.8. The van der Waals surface area contributed by atoms with E-state index in [-0.39, 0.29) is 23.4 Å². The van der Waals surface area contributed by atoms with E-state index in [1.54, 1.807) is 13.8 Å². The van der Waals surface area contributed by atoms with Gasteiger partial charge in [0.25, 0.3) is 0 Å². The fraction of sp³-hybridized carbons (Fsp3) is 0.915. The second-order valence-electron chi connectivity index (χ2n) is 16.5. The predicted molar refractivity (Wildman–Crippen MR) is 229 cm³/mol. The van der Waals surface area contributed by atoms with Gasteiger partial charge >= 0.3 is 0 Å². The first-order valence-electron chi connectivity index (χ1n) is 22.9. The number of carbonyl (C=O) groups is 2. The zero-order valence-corrected chi connectivity index (χ0v) is 36.2. The number of aliphatic hydroxyl groups excluding tert-OH is 1. The molecule has 5 heteroatoms. The summed E-state index contributed by atoms with van der Waals surface area (Å²) in [5.74, 6) is 0.440. The lowest BCUT2D eigenvalue weighted by Gasteiger charge is -2.18. The van der Waals surface area contributed by atoms with E-state index < -0.39 is 6.10 Å². The Morgan fingerprint density at radius 3 is 1.04 bits per heavy atom. The first-order valence-corrected chi connectivity index (χ1v) is 22.9. The van der Waals surface area contributed by atoms with Gasteiger partial charge in [-0.1, -0.05) is 208 Å². The number of ketones is 2. The van der Waals surface area contributed by atoms with Crippen molar-refractivity contribution in [1.82, 2.24) is 0 Å². The van der Waals surface area contributed by atoms with Crippen LogP contribution in [0.5, 0.6) is 0 Å². The molecule has 52 heavy (non-hydrogen) atoms. The molecular formula is C47H92N2O3. The maximum Gasteiger partial charge on any atom is 0.138 e. The molecule has 0 amide bonds. The van der Waals surface area contributed by atoms with Gasteiger partial charge in [0.1, 0.15) is 11.6 Å². The molecule has 0 aromatic rings. The number of rotatable bonds is 38. The molecule has 0 aliphatic carbocycles. The van der Waals surface area contributed by atoms with Crippen LogP contribution in [0.15, 0.2) is 0 Å². The zero-order chi connectivity index (χ0) is 39.2. The van der Waals surface area contributed by atoms with Crippen LogP contribution in [0, 0.1) is 28.6 Å². The third-order valence-corrected chi connectivity index (χ3v) is 11.0. The minimum Gasteiger partial charge on any atom is -0.393 e. The van der Waals surface area contributed by atoms with Gasteiger partial charge < -0.3 is 15.9 Å². The van der Waals surface area contributed by atoms with Gasteiger partial charge in [-0.15, -0.1) is 0 Å². The quantitative estimate of drug-likeness (QED) is 0.0435. The Balaban J connectivity index is 0. The Kier molecular flexibility index (Phi) is 39.9. The lowest BCUT2D eigenvalue weighted by atomic mass is 9.86. The number of unbranched alkanes of at least 4 members (excludes halogenated alkanes) is 22. The first kappa shape index (κ1) is 52.7. The summed E-state index contributed by atoms with van der Waals surface area (Å²) in [5, 5.41) is 26.8. The summed E-state index contributed by atoms with van der Waals surface area (Å²) in [7, 11) is 0. The van der Waals surface area contributed by atoms with Crippen molar-refractivity contribution in [1.29, 1.82) is 10.8 Å². The number of aliphatic hydroxyl groups is 1. The van der Waals surface area contributed by atoms with Gasteiger partial charge in [0.2, 0.25) is 0 Å². The zero-order valence-electron chi connectivity index (χ0n) is 36.2. The molecule has 0 aliphatic rings. The van der Waals surface area contributed by atoms with Gasteiger partial charge in [-0.3, -0.25) is 9.59 Å². The molecule has 0 aliphatic heterocycles. The van der Waals surface area contributed by atoms with Crippen molar-refractivity contribution in [2.75, 3.05) is 0 Å². The molecule has 308 valence electrons. The molecule has 0 heterocycles. The molecule has 0 spiro atoms. The topological polar surface area (TPSA) is 102 Å². The highest BCUT2D eigenvalue weighted by Gasteiger charge is 2.22. The second-order valence-corrected chi connectivity index (χ2v) is 16.5. The first-order chi connectivity index (χ1) is 25.0. The van der Waals surface area contributed by atoms with Gasteiger partial charge in [0, 0.05) is 17.8 Å². The molecule has 0 saturated carbocycles. The van der Waals surface area contributed by atoms with Crippen molar-refractivity contribution < 1.29 is 14.7 Å². The smallest absolute Gasteiger partial charge is 0.138 e. The summed E-state index contributed by atoms with van der Waals surface area (Å²) in [6.07, 6.45) is 37.4. The maximum atomic E-state index is 11.9. The fourth-order valence-electron chi connectivity index (χ4n) is 7.41. The summed E-state index contributed by atoms with van der Waals surface area (Å²) in [5.41, 5.74) is 1.13. The van der Waals surface area contributed by atoms with Crippen LogP contribution in [0.25, 0.3) is 0 Å². The summed E-state index contributed by atoms with van der Waals surface area (Å²) in [6, 6.07) is 0. The monoisotopic (exact) mass is 733 g/mol. The molecule has 0 radical (unpaired) electrons. The van der Waals surface area contributed by atoms with Crippen LogP contribution in [0.2, 0.25) is 0 Å². The molecule has 0 aromatic carbocycles. The Hall–Kier alpha value is -1.36. The molecule has 0 fully saturated rings. The largest absolute Gasteiger partial charge is 0.393 e. The number of Topliss-reactive ketones (excluding diaryl/α,β-unsaturated/α-hetero) is 2. The Labute approximate surface area is 325 Å². The molecule has 4 atom stereocenters. The van der Waals surface area contributed by atoms with Gasteiger partial charge in [0.05, 0.1) is 17.9 Å². The van der Waals surface area contributed by atoms with Crippen molar-refractivity contribution in [3.8, 4) is 0 Å². The second kappa shape index (κ2) is 39.3. The van der Waals surface area contributed by atoms with E-state index in [9.17, 15) is 14.7 Å². The van der Waals surface area contributed by atoms with Gasteiger partial charge in [-0.25, -0.2) is 0 Å². The van der Waals surface area contributed by atoms with Crippen LogP contribution in [0.1, 0.15) is 254 Å². The molecule has 0 saturated heterocycles. The molecule has 3 N–H and O–H groups in total. The van der Waals surface area contributed by atoms with E-state index in [1.165, 1.54) is 148 Å². The van der Waals surface area contributed by atoms with Crippen LogP contribution in [0.4, 0.5) is 0 Å². The number of carbonyl (C=O) groups excluding carboxylic acids is 2. The normalized spacial score (nSPS) is 13.5. The third-order valence-electron chi connectivity index (χ3n) is 11.0. The molecular weight excluding hydrogens is 641 g/mol. The van der Waals surface area contributed by atoms with Crippen molar-refractivity contribution in [2.24, 2.45) is 17.8 Å². The van der Waals surface area contributed by atoms with Crippen LogP contribution >= 0.6 is 0 Å². The SMILES string of the molecule is CCCCCCCCCCC[C@@H](C)CC(=N)C(CCCCCC)C(C)=O.CCCCCCCCCCC[C@@H](O)CC(=N)C(CCCCCC)C(C)=O. The van der Waals surface area contributed by atoms with E-state index in [2.05, 4.69) is 34.6 Å². The third kappa shape index (κ3) is 34.4. The van der Waals surface area contributed by atoms with E-state index >= 15 is 0 Å². The lowest BCUT2D eigenvalue weighted by molar-refractivity contribution is -0.119. The van der Waals surface area contributed by atoms with Crippen LogP contribution in [-0.2, 0) is 9.59 Å². The highest BCUT2D eigenvalue weighted by atomic mass is 16.3. The molecule has 0 aromatic heterocycles. The average Bonchev–Trinajstić information content (AvgIpc) is 3.10. The van der Waals surface area contributed by atoms with E-state index in [4.69, 9.17) is 10.8 Å². The lowest BCUT2D eigenvalue weighted by Crippen LogP contribution is -2.25. The summed E-state index contributed by atoms with van der Waals surface area (Å²) < 4.78 is 0. The fourth-order valence-corrected chi connectivity index (χ4v) is 7.41. The van der Waals surface area contributed by atoms with Gasteiger partial charge in [-0.2, -0.15) is 0 Å². The van der Waals surface area contributed by atoms with E-state index in [1.807, 2.05) is 0 Å². The number of hydrogen-bond acceptors (Lipinski definition) is 5. The van der Waals surface area contributed by atoms with E-state index in [0.29, 0.717) is 23.8 Å². The van der Waals surface area contributed by atoms with E-state index in [0.717, 1.165) is 51.4 Å².